The van der Waals surface area contributed by atoms with Gasteiger partial charge in [0.25, 0.3) is 0 Å². The summed E-state index contributed by atoms with van der Waals surface area (Å²) >= 11 is 0. The molecule has 0 bridgehead atoms. The first-order valence-electron chi connectivity index (χ1n) is 4.38. The van der Waals surface area contributed by atoms with Gasteiger partial charge in [-0.05, 0) is 32.0 Å². The Morgan fingerprint density at radius 1 is 1.46 bits per heavy atom. The Balaban J connectivity index is 2.58. The molecule has 0 amide bonds. The molecule has 3 N–H and O–H groups in total. The maximum atomic E-state index is 9.37. The van der Waals surface area contributed by atoms with E-state index in [9.17, 15) is 5.11 Å². The highest BCUT2D eigenvalue weighted by atomic mass is 16.5. The second-order valence-corrected chi connectivity index (χ2v) is 2.97. The van der Waals surface area contributed by atoms with Crippen LogP contribution in [-0.4, -0.2) is 17.8 Å². The molecule has 1 rings (SSSR count). The van der Waals surface area contributed by atoms with Crippen molar-refractivity contribution in [3.05, 3.63) is 24.3 Å². The van der Waals surface area contributed by atoms with Crippen molar-refractivity contribution in [3.63, 3.8) is 0 Å². The normalized spacial score (nSPS) is 12.5. The van der Waals surface area contributed by atoms with Gasteiger partial charge in [-0.1, -0.05) is 12.1 Å². The van der Waals surface area contributed by atoms with Crippen molar-refractivity contribution in [2.24, 2.45) is 5.73 Å². The van der Waals surface area contributed by atoms with Gasteiger partial charge in [-0.25, -0.2) is 0 Å². The molecule has 0 aromatic heterocycles. The minimum atomic E-state index is 0.0401. The molecule has 0 saturated heterocycles. The largest absolute Gasteiger partial charge is 0.504 e. The smallest absolute Gasteiger partial charge is 0.161 e. The molecular formula is C10H15NO2. The fraction of sp³-hybridized carbons (Fsp3) is 0.400. The molecule has 0 aliphatic rings. The summed E-state index contributed by atoms with van der Waals surface area (Å²) in [6.07, 6.45) is 0.826. The van der Waals surface area contributed by atoms with E-state index in [0.717, 1.165) is 6.42 Å². The summed E-state index contributed by atoms with van der Waals surface area (Å²) < 4.78 is 5.46. The van der Waals surface area contributed by atoms with E-state index in [1.54, 1.807) is 18.2 Å². The average Bonchev–Trinajstić information content (AvgIpc) is 2.09. The highest BCUT2D eigenvalue weighted by molar-refractivity contribution is 5.37. The zero-order chi connectivity index (χ0) is 9.68. The summed E-state index contributed by atoms with van der Waals surface area (Å²) in [5, 5.41) is 9.37. The van der Waals surface area contributed by atoms with Gasteiger partial charge in [0.1, 0.15) is 0 Å². The van der Waals surface area contributed by atoms with E-state index in [-0.39, 0.29) is 11.9 Å². The van der Waals surface area contributed by atoms with Gasteiger partial charge in [0.2, 0.25) is 0 Å². The van der Waals surface area contributed by atoms with Gasteiger partial charge in [0, 0.05) is 0 Å². The second kappa shape index (κ2) is 4.72. The highest BCUT2D eigenvalue weighted by Crippen LogP contribution is 2.25. The molecule has 0 aliphatic heterocycles. The summed E-state index contributed by atoms with van der Waals surface area (Å²) in [5.41, 5.74) is 5.38. The SMILES string of the molecule is CC(CCN)Oc1ccccc1O. The molecule has 0 fully saturated rings. The third-order valence-electron chi connectivity index (χ3n) is 1.77. The molecular weight excluding hydrogens is 166 g/mol. The third-order valence-corrected chi connectivity index (χ3v) is 1.77. The second-order valence-electron chi connectivity index (χ2n) is 2.97. The van der Waals surface area contributed by atoms with E-state index < -0.39 is 0 Å². The standard InChI is InChI=1S/C10H15NO2/c1-8(6-7-11)13-10-5-3-2-4-9(10)12/h2-5,8,12H,6-7,11H2,1H3. The van der Waals surface area contributed by atoms with Gasteiger partial charge in [0.05, 0.1) is 6.10 Å². The molecule has 13 heavy (non-hydrogen) atoms. The first-order valence-corrected chi connectivity index (χ1v) is 4.38. The van der Waals surface area contributed by atoms with Gasteiger partial charge >= 0.3 is 0 Å². The molecule has 0 aliphatic carbocycles. The number of nitrogens with two attached hydrogens (primary N) is 1. The van der Waals surface area contributed by atoms with Crippen molar-refractivity contribution >= 4 is 0 Å². The van der Waals surface area contributed by atoms with E-state index in [4.69, 9.17) is 10.5 Å². The van der Waals surface area contributed by atoms with Crippen molar-refractivity contribution in [2.45, 2.75) is 19.4 Å². The molecule has 0 heterocycles. The molecule has 0 radical (unpaired) electrons. The van der Waals surface area contributed by atoms with E-state index in [0.29, 0.717) is 12.3 Å². The number of phenolic OH excluding ortho intramolecular Hbond substituents is 1. The van der Waals surface area contributed by atoms with E-state index in [2.05, 4.69) is 0 Å². The molecule has 0 spiro atoms. The fourth-order valence-electron chi connectivity index (χ4n) is 1.07. The van der Waals surface area contributed by atoms with E-state index in [1.165, 1.54) is 0 Å². The quantitative estimate of drug-likeness (QED) is 0.740. The Hall–Kier alpha value is -1.22. The molecule has 1 aromatic rings. The number of benzene rings is 1. The minimum Gasteiger partial charge on any atom is -0.504 e. The van der Waals surface area contributed by atoms with Crippen LogP contribution in [0.3, 0.4) is 0 Å². The van der Waals surface area contributed by atoms with Crippen LogP contribution >= 0.6 is 0 Å². The Kier molecular flexibility index (Phi) is 3.58. The predicted octanol–water partition coefficient (Wildman–Crippen LogP) is 1.51. The summed E-state index contributed by atoms with van der Waals surface area (Å²) in [7, 11) is 0. The topological polar surface area (TPSA) is 55.5 Å². The van der Waals surface area contributed by atoms with E-state index in [1.807, 2.05) is 13.0 Å². The first-order chi connectivity index (χ1) is 6.24. The molecule has 3 heteroatoms. The highest BCUT2D eigenvalue weighted by Gasteiger charge is 2.05. The molecule has 72 valence electrons. The van der Waals surface area contributed by atoms with Crippen LogP contribution in [-0.2, 0) is 0 Å². The van der Waals surface area contributed by atoms with Crippen LogP contribution in [0, 0.1) is 0 Å². The minimum absolute atomic E-state index is 0.0401. The van der Waals surface area contributed by atoms with Gasteiger partial charge in [0.15, 0.2) is 11.5 Å². The number of aromatic hydroxyl groups is 1. The van der Waals surface area contributed by atoms with Crippen LogP contribution in [0.15, 0.2) is 24.3 Å². The van der Waals surface area contributed by atoms with Gasteiger partial charge in [-0.2, -0.15) is 0 Å². The Labute approximate surface area is 78.1 Å². The van der Waals surface area contributed by atoms with Crippen molar-refractivity contribution in [1.82, 2.24) is 0 Å². The lowest BCUT2D eigenvalue weighted by atomic mass is 10.2. The number of rotatable bonds is 4. The Bertz CT molecular complexity index is 263. The number of hydrogen-bond donors (Lipinski definition) is 2. The third kappa shape index (κ3) is 2.95. The lowest BCUT2D eigenvalue weighted by Gasteiger charge is -2.14. The lowest BCUT2D eigenvalue weighted by molar-refractivity contribution is 0.205. The molecule has 0 saturated carbocycles. The van der Waals surface area contributed by atoms with Crippen molar-refractivity contribution in [1.29, 1.82) is 0 Å². The number of para-hydroxylation sites is 2. The van der Waals surface area contributed by atoms with Gasteiger partial charge < -0.3 is 15.6 Å². The molecule has 1 atom stereocenters. The van der Waals surface area contributed by atoms with Crippen LogP contribution in [0.5, 0.6) is 11.5 Å². The summed E-state index contributed by atoms with van der Waals surface area (Å²) in [6, 6.07) is 6.92. The predicted molar refractivity (Wildman–Crippen MR) is 51.9 cm³/mol. The van der Waals surface area contributed by atoms with Crippen LogP contribution in [0.25, 0.3) is 0 Å². The Morgan fingerprint density at radius 2 is 2.15 bits per heavy atom. The summed E-state index contributed by atoms with van der Waals surface area (Å²) in [6.45, 7) is 2.52. The van der Waals surface area contributed by atoms with Gasteiger partial charge in [-0.15, -0.1) is 0 Å². The first kappa shape index (κ1) is 9.86. The van der Waals surface area contributed by atoms with Crippen LogP contribution in [0.4, 0.5) is 0 Å². The summed E-state index contributed by atoms with van der Waals surface area (Å²) in [5.74, 6) is 0.690. The maximum absolute atomic E-state index is 9.37. The van der Waals surface area contributed by atoms with Crippen LogP contribution in [0.1, 0.15) is 13.3 Å². The number of hydrogen-bond acceptors (Lipinski definition) is 3. The van der Waals surface area contributed by atoms with Crippen molar-refractivity contribution < 1.29 is 9.84 Å². The average molecular weight is 181 g/mol. The lowest BCUT2D eigenvalue weighted by Crippen LogP contribution is -2.16. The fourth-order valence-corrected chi connectivity index (χ4v) is 1.07. The number of ether oxygens (including phenoxy) is 1. The molecule has 1 unspecified atom stereocenters. The summed E-state index contributed by atoms with van der Waals surface area (Å²) in [4.78, 5) is 0. The van der Waals surface area contributed by atoms with Gasteiger partial charge in [-0.3, -0.25) is 0 Å². The Morgan fingerprint density at radius 3 is 2.77 bits per heavy atom. The van der Waals surface area contributed by atoms with E-state index >= 15 is 0 Å². The zero-order valence-corrected chi connectivity index (χ0v) is 7.73. The van der Waals surface area contributed by atoms with Crippen molar-refractivity contribution in [2.75, 3.05) is 6.54 Å². The van der Waals surface area contributed by atoms with Crippen LogP contribution < -0.4 is 10.5 Å². The van der Waals surface area contributed by atoms with Crippen LogP contribution in [0.2, 0.25) is 0 Å². The zero-order valence-electron chi connectivity index (χ0n) is 7.73. The number of phenols is 1. The maximum Gasteiger partial charge on any atom is 0.161 e. The monoisotopic (exact) mass is 181 g/mol. The van der Waals surface area contributed by atoms with Crippen molar-refractivity contribution in [3.8, 4) is 11.5 Å². The molecule has 3 nitrogen and oxygen atoms in total. The molecule has 1 aromatic carbocycles.